The first kappa shape index (κ1) is 14.0. The normalized spacial score (nSPS) is 10.4. The summed E-state index contributed by atoms with van der Waals surface area (Å²) < 4.78 is 7.03. The quantitative estimate of drug-likeness (QED) is 0.819. The van der Waals surface area contributed by atoms with Gasteiger partial charge in [-0.1, -0.05) is 19.1 Å². The molecule has 0 aliphatic heterocycles. The fraction of sp³-hybridized carbons (Fsp3) is 0.385. The molecule has 1 aromatic carbocycles. The Labute approximate surface area is 116 Å². The highest BCUT2D eigenvalue weighted by molar-refractivity contribution is 5.66. The number of rotatable bonds is 7. The Morgan fingerprint density at radius 3 is 2.75 bits per heavy atom. The summed E-state index contributed by atoms with van der Waals surface area (Å²) in [5.41, 5.74) is 1.24. The van der Waals surface area contributed by atoms with Crippen molar-refractivity contribution in [3.05, 3.63) is 35.7 Å². The van der Waals surface area contributed by atoms with Crippen LogP contribution in [0.25, 0.3) is 0 Å². The van der Waals surface area contributed by atoms with Crippen molar-refractivity contribution in [2.75, 3.05) is 0 Å². The van der Waals surface area contributed by atoms with Gasteiger partial charge in [0.1, 0.15) is 12.4 Å². The highest BCUT2D eigenvalue weighted by atomic mass is 16.5. The smallest absolute Gasteiger partial charge is 0.305 e. The van der Waals surface area contributed by atoms with E-state index in [2.05, 4.69) is 22.4 Å². The van der Waals surface area contributed by atoms with Gasteiger partial charge in [-0.05, 0) is 34.5 Å². The fourth-order valence-electron chi connectivity index (χ4n) is 1.67. The number of carboxylic acids is 1. The van der Waals surface area contributed by atoms with Gasteiger partial charge in [-0.2, -0.15) is 0 Å². The van der Waals surface area contributed by atoms with Gasteiger partial charge in [0.15, 0.2) is 5.82 Å². The predicted octanol–water partition coefficient (Wildman–Crippen LogP) is 1.29. The molecule has 0 saturated carbocycles. The third-order valence-corrected chi connectivity index (χ3v) is 2.84. The number of hydrogen-bond acceptors (Lipinski definition) is 5. The Kier molecular flexibility index (Phi) is 4.65. The molecule has 7 nitrogen and oxygen atoms in total. The molecule has 0 bridgehead atoms. The summed E-state index contributed by atoms with van der Waals surface area (Å²) in [6.45, 7) is 2.53. The second-order valence-electron chi connectivity index (χ2n) is 4.25. The summed E-state index contributed by atoms with van der Waals surface area (Å²) in [6.07, 6.45) is 0.955. The maximum absolute atomic E-state index is 10.5. The van der Waals surface area contributed by atoms with E-state index in [4.69, 9.17) is 9.84 Å². The Balaban J connectivity index is 1.93. The molecule has 0 saturated heterocycles. The number of aromatic nitrogens is 4. The van der Waals surface area contributed by atoms with Gasteiger partial charge in [0.05, 0.1) is 13.0 Å². The van der Waals surface area contributed by atoms with Crippen LogP contribution in [-0.4, -0.2) is 31.3 Å². The minimum Gasteiger partial charge on any atom is -0.486 e. The van der Waals surface area contributed by atoms with E-state index in [1.807, 2.05) is 24.3 Å². The number of ether oxygens (including phenoxy) is 1. The van der Waals surface area contributed by atoms with Gasteiger partial charge in [0.25, 0.3) is 0 Å². The molecule has 2 aromatic rings. The SMILES string of the molecule is CCc1ccc(OCc2nnnn2CCC(=O)O)cc1. The monoisotopic (exact) mass is 276 g/mol. The van der Waals surface area contributed by atoms with Crippen LogP contribution in [0.1, 0.15) is 24.7 Å². The molecule has 0 amide bonds. The molecule has 0 aliphatic carbocycles. The number of aliphatic carboxylic acids is 1. The lowest BCUT2D eigenvalue weighted by molar-refractivity contribution is -0.137. The molecule has 0 spiro atoms. The zero-order valence-electron chi connectivity index (χ0n) is 11.2. The molecular weight excluding hydrogens is 260 g/mol. The highest BCUT2D eigenvalue weighted by Gasteiger charge is 2.08. The average molecular weight is 276 g/mol. The molecule has 0 unspecified atom stereocenters. The van der Waals surface area contributed by atoms with Crippen molar-refractivity contribution in [2.24, 2.45) is 0 Å². The minimum atomic E-state index is -0.887. The summed E-state index contributed by atoms with van der Waals surface area (Å²) in [5, 5.41) is 19.7. The zero-order chi connectivity index (χ0) is 14.4. The standard InChI is InChI=1S/C13H16N4O3/c1-2-10-3-5-11(6-4-10)20-9-12-14-15-16-17(12)8-7-13(18)19/h3-6H,2,7-9H2,1H3,(H,18,19). The molecule has 2 rings (SSSR count). The van der Waals surface area contributed by atoms with Crippen molar-refractivity contribution in [1.29, 1.82) is 0 Å². The lowest BCUT2D eigenvalue weighted by Crippen LogP contribution is -2.11. The molecule has 106 valence electrons. The number of carbonyl (C=O) groups is 1. The first-order chi connectivity index (χ1) is 9.69. The molecule has 7 heteroatoms. The molecular formula is C13H16N4O3. The Hall–Kier alpha value is -2.44. The largest absolute Gasteiger partial charge is 0.486 e. The van der Waals surface area contributed by atoms with Crippen LogP contribution < -0.4 is 4.74 Å². The number of hydrogen-bond donors (Lipinski definition) is 1. The number of carboxylic acid groups (broad SMARTS) is 1. The Bertz CT molecular complexity index is 565. The van der Waals surface area contributed by atoms with E-state index in [0.29, 0.717) is 5.82 Å². The lowest BCUT2D eigenvalue weighted by atomic mass is 10.2. The van der Waals surface area contributed by atoms with E-state index in [1.165, 1.54) is 10.2 Å². The van der Waals surface area contributed by atoms with E-state index in [9.17, 15) is 4.79 Å². The van der Waals surface area contributed by atoms with Crippen molar-refractivity contribution in [1.82, 2.24) is 20.2 Å². The summed E-state index contributed by atoms with van der Waals surface area (Å²) in [4.78, 5) is 10.5. The Morgan fingerprint density at radius 2 is 2.10 bits per heavy atom. The van der Waals surface area contributed by atoms with Crippen LogP contribution in [0.15, 0.2) is 24.3 Å². The first-order valence-corrected chi connectivity index (χ1v) is 6.37. The van der Waals surface area contributed by atoms with Crippen molar-refractivity contribution >= 4 is 5.97 Å². The maximum atomic E-state index is 10.5. The van der Waals surface area contributed by atoms with Gasteiger partial charge >= 0.3 is 5.97 Å². The topological polar surface area (TPSA) is 90.1 Å². The van der Waals surface area contributed by atoms with Crippen molar-refractivity contribution in [3.8, 4) is 5.75 Å². The lowest BCUT2D eigenvalue weighted by Gasteiger charge is -2.06. The summed E-state index contributed by atoms with van der Waals surface area (Å²) in [6, 6.07) is 7.79. The molecule has 1 aromatic heterocycles. The van der Waals surface area contributed by atoms with E-state index < -0.39 is 5.97 Å². The van der Waals surface area contributed by atoms with Gasteiger partial charge < -0.3 is 9.84 Å². The van der Waals surface area contributed by atoms with Crippen molar-refractivity contribution in [3.63, 3.8) is 0 Å². The summed E-state index contributed by atoms with van der Waals surface area (Å²) in [5.74, 6) is 0.350. The van der Waals surface area contributed by atoms with E-state index in [-0.39, 0.29) is 19.6 Å². The van der Waals surface area contributed by atoms with E-state index in [0.717, 1.165) is 12.2 Å². The molecule has 20 heavy (non-hydrogen) atoms. The molecule has 0 radical (unpaired) electrons. The maximum Gasteiger partial charge on any atom is 0.305 e. The predicted molar refractivity (Wildman–Crippen MR) is 70.2 cm³/mol. The van der Waals surface area contributed by atoms with Crippen LogP contribution in [0.2, 0.25) is 0 Å². The van der Waals surface area contributed by atoms with Crippen LogP contribution in [0.4, 0.5) is 0 Å². The molecule has 0 fully saturated rings. The fourth-order valence-corrected chi connectivity index (χ4v) is 1.67. The Morgan fingerprint density at radius 1 is 1.35 bits per heavy atom. The summed E-state index contributed by atoms with van der Waals surface area (Å²) in [7, 11) is 0. The van der Waals surface area contributed by atoms with Crippen LogP contribution in [0.5, 0.6) is 5.75 Å². The average Bonchev–Trinajstić information content (AvgIpc) is 2.91. The van der Waals surface area contributed by atoms with Crippen LogP contribution >= 0.6 is 0 Å². The number of benzene rings is 1. The van der Waals surface area contributed by atoms with Gasteiger partial charge in [-0.3, -0.25) is 4.79 Å². The van der Waals surface area contributed by atoms with E-state index >= 15 is 0 Å². The van der Waals surface area contributed by atoms with Gasteiger partial charge in [-0.15, -0.1) is 5.10 Å². The van der Waals surface area contributed by atoms with Crippen LogP contribution in [-0.2, 0) is 24.4 Å². The molecule has 1 N–H and O–H groups in total. The van der Waals surface area contributed by atoms with Crippen molar-refractivity contribution in [2.45, 2.75) is 32.9 Å². The number of nitrogens with zero attached hydrogens (tertiary/aromatic N) is 4. The minimum absolute atomic E-state index is 0.0246. The van der Waals surface area contributed by atoms with Gasteiger partial charge in [-0.25, -0.2) is 4.68 Å². The van der Waals surface area contributed by atoms with Crippen LogP contribution in [0, 0.1) is 0 Å². The number of tetrazole rings is 1. The van der Waals surface area contributed by atoms with E-state index in [1.54, 1.807) is 0 Å². The molecule has 1 heterocycles. The zero-order valence-corrected chi connectivity index (χ0v) is 11.2. The van der Waals surface area contributed by atoms with Gasteiger partial charge in [0.2, 0.25) is 0 Å². The number of aryl methyl sites for hydroxylation is 2. The summed E-state index contributed by atoms with van der Waals surface area (Å²) >= 11 is 0. The third kappa shape index (κ3) is 3.78. The molecule has 0 aliphatic rings. The highest BCUT2D eigenvalue weighted by Crippen LogP contribution is 2.13. The van der Waals surface area contributed by atoms with Gasteiger partial charge in [0, 0.05) is 0 Å². The molecule has 0 atom stereocenters. The second-order valence-corrected chi connectivity index (χ2v) is 4.25. The second kappa shape index (κ2) is 6.65. The first-order valence-electron chi connectivity index (χ1n) is 6.37. The third-order valence-electron chi connectivity index (χ3n) is 2.84. The van der Waals surface area contributed by atoms with Crippen molar-refractivity contribution < 1.29 is 14.6 Å². The van der Waals surface area contributed by atoms with Crippen LogP contribution in [0.3, 0.4) is 0 Å².